The molecule has 0 aromatic carbocycles. The summed E-state index contributed by atoms with van der Waals surface area (Å²) in [7, 11) is -1.36. The normalized spacial score (nSPS) is 40.4. The number of likely N-dealkylation sites (tertiary alicyclic amines) is 1. The molecule has 2 saturated heterocycles. The van der Waals surface area contributed by atoms with Crippen LogP contribution < -0.4 is 5.46 Å². The van der Waals surface area contributed by atoms with Crippen LogP contribution >= 0.6 is 0 Å². The summed E-state index contributed by atoms with van der Waals surface area (Å²) in [5.74, 6) is -3.68. The number of nitrogens with zero attached hydrogens (tertiary/aromatic N) is 2. The molecule has 3 rings (SSSR count). The van der Waals surface area contributed by atoms with Crippen LogP contribution in [-0.4, -0.2) is 52.9 Å². The van der Waals surface area contributed by atoms with Crippen molar-refractivity contribution in [2.75, 3.05) is 13.0 Å². The molecule has 1 unspecified atom stereocenters. The van der Waals surface area contributed by atoms with E-state index >= 15 is 0 Å². The van der Waals surface area contributed by atoms with Crippen molar-refractivity contribution in [2.45, 2.75) is 83.9 Å². The molecule has 2 aliphatic heterocycles. The van der Waals surface area contributed by atoms with Gasteiger partial charge in [0.15, 0.2) is 0 Å². The Bertz CT molecular complexity index is 1220. The van der Waals surface area contributed by atoms with Gasteiger partial charge in [-0.2, -0.15) is 0 Å². The van der Waals surface area contributed by atoms with Gasteiger partial charge >= 0.3 is 13.2 Å². The van der Waals surface area contributed by atoms with Crippen molar-refractivity contribution in [1.29, 1.82) is 0 Å². The lowest BCUT2D eigenvalue weighted by atomic mass is 9.80. The number of hydrogen-bond acceptors (Lipinski definition) is 5. The van der Waals surface area contributed by atoms with E-state index in [-0.39, 0.29) is 10.4 Å². The van der Waals surface area contributed by atoms with E-state index in [1.54, 1.807) is 27.7 Å². The number of hydrogen-bond donors (Lipinski definition) is 0. The topological polar surface area (TPSA) is 60.9 Å². The number of rotatable bonds is 2. The molecule has 28 heavy (non-hydrogen) atoms. The fourth-order valence-corrected chi connectivity index (χ4v) is 2.31. The molecule has 0 saturated carbocycles. The number of piperidine rings is 1. The van der Waals surface area contributed by atoms with Crippen LogP contribution in [-0.2, 0) is 14.0 Å². The second-order valence-electron chi connectivity index (χ2n) is 8.49. The van der Waals surface area contributed by atoms with E-state index in [1.807, 2.05) is 0 Å². The van der Waals surface area contributed by atoms with Gasteiger partial charge < -0.3 is 18.9 Å². The zero-order valence-electron chi connectivity index (χ0n) is 29.1. The SMILES string of the molecule is [2H]c1nc(C2([2H])C([2H])([2H])N(C(=O)OC(C)(C)C)C([2H])([2H])C([2H])([2H])C2([2H])[2H])c([2H])c([2H])c1B1OC(C)(C)C(C)(C)O1. The zero-order chi connectivity index (χ0) is 31.4. The predicted octanol–water partition coefficient (Wildman–Crippen LogP) is 3.50. The van der Waals surface area contributed by atoms with Crippen LogP contribution in [0, 0.1) is 0 Å². The molecular formula is C21H33BN2O4. The van der Waals surface area contributed by atoms with Crippen LogP contribution in [0.25, 0.3) is 0 Å². The Morgan fingerprint density at radius 3 is 2.61 bits per heavy atom. The van der Waals surface area contributed by atoms with Gasteiger partial charge in [-0.25, -0.2) is 4.79 Å². The van der Waals surface area contributed by atoms with Crippen LogP contribution in [0.5, 0.6) is 0 Å². The molecule has 1 amide bonds. The lowest BCUT2D eigenvalue weighted by Crippen LogP contribution is -2.42. The average molecular weight is 400 g/mol. The van der Waals surface area contributed by atoms with Gasteiger partial charge in [-0.05, 0) is 67.3 Å². The average Bonchev–Trinajstić information content (AvgIpc) is 2.93. The lowest BCUT2D eigenvalue weighted by Gasteiger charge is -2.34. The molecule has 0 aliphatic carbocycles. The Labute approximate surface area is 185 Å². The highest BCUT2D eigenvalue weighted by atomic mass is 16.7. The number of ether oxygens (including phenoxy) is 1. The fraction of sp³-hybridized carbons (Fsp3) is 0.714. The van der Waals surface area contributed by atoms with Gasteiger partial charge in [-0.15, -0.1) is 0 Å². The highest BCUT2D eigenvalue weighted by Crippen LogP contribution is 2.36. The molecule has 2 aliphatic rings. The van der Waals surface area contributed by atoms with Gasteiger partial charge in [0.2, 0.25) is 0 Å². The first kappa shape index (κ1) is 10.4. The third kappa shape index (κ3) is 4.52. The van der Waals surface area contributed by atoms with E-state index in [0.29, 0.717) is 0 Å². The molecule has 0 bridgehead atoms. The minimum absolute atomic E-state index is 0.337. The van der Waals surface area contributed by atoms with Gasteiger partial charge in [-0.3, -0.25) is 4.98 Å². The van der Waals surface area contributed by atoms with Gasteiger partial charge in [0.1, 0.15) is 5.60 Å². The van der Waals surface area contributed by atoms with E-state index in [2.05, 4.69) is 4.98 Å². The Kier molecular flexibility index (Phi) is 2.74. The molecule has 7 heteroatoms. The summed E-state index contributed by atoms with van der Waals surface area (Å²) in [5.41, 5.74) is -4.69. The molecule has 0 N–H and O–H groups in total. The molecule has 0 radical (unpaired) electrons. The van der Waals surface area contributed by atoms with Crippen LogP contribution in [0.1, 0.15) is 89.2 Å². The van der Waals surface area contributed by atoms with E-state index in [4.69, 9.17) is 30.5 Å². The number of carbonyl (C=O) groups is 1. The Hall–Kier alpha value is -1.60. The molecule has 1 atom stereocenters. The fourth-order valence-electron chi connectivity index (χ4n) is 2.31. The Morgan fingerprint density at radius 2 is 2.00 bits per heavy atom. The molecule has 2 fully saturated rings. The number of amides is 1. The van der Waals surface area contributed by atoms with Gasteiger partial charge in [-0.1, -0.05) is 6.04 Å². The summed E-state index contributed by atoms with van der Waals surface area (Å²) in [6, 6.07) is -1.87. The molecule has 1 aromatic rings. The van der Waals surface area contributed by atoms with Crippen LogP contribution in [0.15, 0.2) is 18.3 Å². The molecular weight excluding hydrogens is 355 g/mol. The Balaban J connectivity index is 2.33. The van der Waals surface area contributed by atoms with Crippen molar-refractivity contribution in [3.63, 3.8) is 0 Å². The van der Waals surface area contributed by atoms with E-state index in [9.17, 15) is 4.79 Å². The van der Waals surface area contributed by atoms with Crippen LogP contribution in [0.4, 0.5) is 4.79 Å². The largest absolute Gasteiger partial charge is 0.496 e. The summed E-state index contributed by atoms with van der Waals surface area (Å²) < 4.78 is 119. The van der Waals surface area contributed by atoms with Crippen molar-refractivity contribution in [1.82, 2.24) is 9.88 Å². The maximum absolute atomic E-state index is 13.1. The quantitative estimate of drug-likeness (QED) is 0.712. The first-order chi connectivity index (χ1) is 17.5. The number of pyridine rings is 1. The molecule has 6 nitrogen and oxygen atoms in total. The van der Waals surface area contributed by atoms with Crippen molar-refractivity contribution in [3.05, 3.63) is 24.0 Å². The first-order valence-corrected chi connectivity index (χ1v) is 8.90. The summed E-state index contributed by atoms with van der Waals surface area (Å²) in [6.07, 6.45) is -10.2. The second-order valence-corrected chi connectivity index (χ2v) is 8.49. The smallest absolute Gasteiger partial charge is 0.444 e. The van der Waals surface area contributed by atoms with Crippen LogP contribution in [0.2, 0.25) is 0 Å². The molecule has 1 aromatic heterocycles. The second kappa shape index (κ2) is 7.34. The third-order valence-electron chi connectivity index (χ3n) is 4.48. The van der Waals surface area contributed by atoms with E-state index < -0.39 is 85.6 Å². The summed E-state index contributed by atoms with van der Waals surface area (Å²) in [6.45, 7) is 3.51. The minimum Gasteiger partial charge on any atom is -0.444 e. The Morgan fingerprint density at radius 1 is 1.36 bits per heavy atom. The van der Waals surface area contributed by atoms with Crippen molar-refractivity contribution in [3.8, 4) is 0 Å². The predicted molar refractivity (Wildman–Crippen MR) is 110 cm³/mol. The van der Waals surface area contributed by atoms with Crippen molar-refractivity contribution >= 4 is 18.7 Å². The molecule has 154 valence electrons. The van der Waals surface area contributed by atoms with Crippen molar-refractivity contribution in [2.24, 2.45) is 0 Å². The maximum Gasteiger partial charge on any atom is 0.496 e. The summed E-state index contributed by atoms with van der Waals surface area (Å²) in [4.78, 5) is 16.6. The van der Waals surface area contributed by atoms with E-state index in [0.717, 1.165) is 0 Å². The highest BCUT2D eigenvalue weighted by molar-refractivity contribution is 6.62. The van der Waals surface area contributed by atoms with Gasteiger partial charge in [0.05, 0.1) is 18.1 Å². The third-order valence-corrected chi connectivity index (χ3v) is 4.48. The first-order valence-electron chi connectivity index (χ1n) is 14.9. The summed E-state index contributed by atoms with van der Waals surface area (Å²) in [5, 5.41) is 0. The van der Waals surface area contributed by atoms with E-state index in [1.165, 1.54) is 20.8 Å². The maximum atomic E-state index is 13.1. The van der Waals surface area contributed by atoms with Gasteiger partial charge in [0, 0.05) is 45.8 Å². The standard InChI is InChI=1S/C21H33BN2O4/c1-19(2,3)26-18(25)24-12-8-9-15(14-24)17-11-10-16(13-23-17)22-27-20(4,5)21(6,7)28-22/h10-11,13,15H,8-9,12,14H2,1-7H3/i8D2,9D2,10D,11D,12D2,13D,14D2,15D. The van der Waals surface area contributed by atoms with Crippen molar-refractivity contribution < 1.29 is 35.3 Å². The number of carbonyl (C=O) groups excluding carboxylic acids is 1. The zero-order valence-corrected chi connectivity index (χ0v) is 17.1. The van der Waals surface area contributed by atoms with Gasteiger partial charge in [0.25, 0.3) is 0 Å². The molecule has 0 spiro atoms. The monoisotopic (exact) mass is 400 g/mol. The minimum atomic E-state index is -3.82. The van der Waals surface area contributed by atoms with Crippen LogP contribution in [0.3, 0.4) is 0 Å². The highest BCUT2D eigenvalue weighted by Gasteiger charge is 2.51. The summed E-state index contributed by atoms with van der Waals surface area (Å²) >= 11 is 0. The number of aromatic nitrogens is 1. The molecule has 3 heterocycles. The lowest BCUT2D eigenvalue weighted by molar-refractivity contribution is 0.00578.